The van der Waals surface area contributed by atoms with E-state index >= 15 is 0 Å². The van der Waals surface area contributed by atoms with Crippen LogP contribution >= 0.6 is 0 Å². The van der Waals surface area contributed by atoms with Gasteiger partial charge in [-0.1, -0.05) is 0 Å². The van der Waals surface area contributed by atoms with Crippen molar-refractivity contribution >= 4 is 5.97 Å². The first-order valence-corrected chi connectivity index (χ1v) is 5.76. The molecule has 94 valence electrons. The summed E-state index contributed by atoms with van der Waals surface area (Å²) in [5.74, 6) is -0.711. The van der Waals surface area contributed by atoms with Crippen LogP contribution in [0, 0.1) is 0 Å². The van der Waals surface area contributed by atoms with Gasteiger partial charge in [0.25, 0.3) is 0 Å². The van der Waals surface area contributed by atoms with E-state index < -0.39 is 5.97 Å². The maximum absolute atomic E-state index is 10.6. The van der Waals surface area contributed by atoms with Gasteiger partial charge < -0.3 is 14.6 Å². The Bertz CT molecular complexity index is 210. The fourth-order valence-corrected chi connectivity index (χ4v) is 2.05. The lowest BCUT2D eigenvalue weighted by molar-refractivity contribution is -0.138. The van der Waals surface area contributed by atoms with Crippen molar-refractivity contribution in [1.82, 2.24) is 4.90 Å². The highest BCUT2D eigenvalue weighted by atomic mass is 16.5. The van der Waals surface area contributed by atoms with E-state index in [2.05, 4.69) is 4.90 Å². The van der Waals surface area contributed by atoms with Crippen molar-refractivity contribution in [2.75, 3.05) is 40.0 Å². The summed E-state index contributed by atoms with van der Waals surface area (Å²) in [5, 5.41) is 8.76. The van der Waals surface area contributed by atoms with Crippen molar-refractivity contribution in [3.63, 3.8) is 0 Å². The average Bonchev–Trinajstić information content (AvgIpc) is 2.64. The Morgan fingerprint density at radius 2 is 2.25 bits per heavy atom. The summed E-state index contributed by atoms with van der Waals surface area (Å²) >= 11 is 0. The molecule has 0 aromatic carbocycles. The molecule has 5 nitrogen and oxygen atoms in total. The lowest BCUT2D eigenvalue weighted by Gasteiger charge is -2.22. The van der Waals surface area contributed by atoms with Crippen LogP contribution in [-0.2, 0) is 14.3 Å². The molecule has 1 saturated heterocycles. The molecule has 0 aliphatic carbocycles. The SMILES string of the molecule is COCCOCCN1CCCC1CC(=O)O. The number of carboxylic acid groups (broad SMARTS) is 1. The molecule has 1 aliphatic heterocycles. The van der Waals surface area contributed by atoms with Gasteiger partial charge in [0.1, 0.15) is 0 Å². The molecule has 1 heterocycles. The normalized spacial score (nSPS) is 21.4. The Labute approximate surface area is 96.3 Å². The number of nitrogens with zero attached hydrogens (tertiary/aromatic N) is 1. The summed E-state index contributed by atoms with van der Waals surface area (Å²) < 4.78 is 10.2. The highest BCUT2D eigenvalue weighted by Gasteiger charge is 2.25. The molecule has 0 saturated carbocycles. The van der Waals surface area contributed by atoms with E-state index in [1.54, 1.807) is 7.11 Å². The minimum Gasteiger partial charge on any atom is -0.481 e. The standard InChI is InChI=1S/C11H21NO4/c1-15-7-8-16-6-5-12-4-2-3-10(12)9-11(13)14/h10H,2-9H2,1H3,(H,13,14). The van der Waals surface area contributed by atoms with Gasteiger partial charge in [-0.05, 0) is 19.4 Å². The molecule has 0 amide bonds. The first kappa shape index (κ1) is 13.4. The summed E-state index contributed by atoms with van der Waals surface area (Å²) in [5.41, 5.74) is 0. The first-order valence-electron chi connectivity index (χ1n) is 5.76. The second kappa shape index (κ2) is 7.60. The lowest BCUT2D eigenvalue weighted by Crippen LogP contribution is -2.34. The number of ether oxygens (including phenoxy) is 2. The highest BCUT2D eigenvalue weighted by Crippen LogP contribution is 2.19. The fourth-order valence-electron chi connectivity index (χ4n) is 2.05. The molecule has 0 spiro atoms. The molecular formula is C11H21NO4. The number of methoxy groups -OCH3 is 1. The van der Waals surface area contributed by atoms with E-state index in [1.807, 2.05) is 0 Å². The third-order valence-corrected chi connectivity index (χ3v) is 2.86. The molecule has 16 heavy (non-hydrogen) atoms. The molecular weight excluding hydrogens is 210 g/mol. The van der Waals surface area contributed by atoms with Crippen LogP contribution in [0.4, 0.5) is 0 Å². The van der Waals surface area contributed by atoms with Crippen LogP contribution < -0.4 is 0 Å². The van der Waals surface area contributed by atoms with Gasteiger partial charge >= 0.3 is 5.97 Å². The van der Waals surface area contributed by atoms with Crippen molar-refractivity contribution in [2.45, 2.75) is 25.3 Å². The third-order valence-electron chi connectivity index (χ3n) is 2.86. The summed E-state index contributed by atoms with van der Waals surface area (Å²) in [7, 11) is 1.65. The second-order valence-corrected chi connectivity index (χ2v) is 4.04. The van der Waals surface area contributed by atoms with Crippen LogP contribution in [0.5, 0.6) is 0 Å². The van der Waals surface area contributed by atoms with E-state index in [0.717, 1.165) is 25.9 Å². The number of carbonyl (C=O) groups is 1. The molecule has 0 aromatic rings. The maximum atomic E-state index is 10.6. The molecule has 1 N–H and O–H groups in total. The lowest BCUT2D eigenvalue weighted by atomic mass is 10.1. The van der Waals surface area contributed by atoms with Gasteiger partial charge in [-0.15, -0.1) is 0 Å². The van der Waals surface area contributed by atoms with Gasteiger partial charge in [-0.25, -0.2) is 0 Å². The van der Waals surface area contributed by atoms with Crippen molar-refractivity contribution in [2.24, 2.45) is 0 Å². The summed E-state index contributed by atoms with van der Waals surface area (Å²) in [6.45, 7) is 3.68. The Kier molecular flexibility index (Phi) is 6.37. The van der Waals surface area contributed by atoms with Gasteiger partial charge in [-0.2, -0.15) is 0 Å². The Morgan fingerprint density at radius 3 is 2.94 bits per heavy atom. The molecule has 0 bridgehead atoms. The largest absolute Gasteiger partial charge is 0.481 e. The van der Waals surface area contributed by atoms with Crippen LogP contribution in [0.3, 0.4) is 0 Å². The van der Waals surface area contributed by atoms with Crippen molar-refractivity contribution in [3.05, 3.63) is 0 Å². The molecule has 5 heteroatoms. The molecule has 1 fully saturated rings. The minimum atomic E-state index is -0.711. The van der Waals surface area contributed by atoms with Crippen molar-refractivity contribution < 1.29 is 19.4 Å². The van der Waals surface area contributed by atoms with Crippen LogP contribution in [-0.4, -0.2) is 62.0 Å². The molecule has 0 radical (unpaired) electrons. The van der Waals surface area contributed by atoms with Crippen molar-refractivity contribution in [1.29, 1.82) is 0 Å². The van der Waals surface area contributed by atoms with E-state index in [1.165, 1.54) is 0 Å². The minimum absolute atomic E-state index is 0.198. The number of likely N-dealkylation sites (tertiary alicyclic amines) is 1. The zero-order valence-electron chi connectivity index (χ0n) is 9.85. The Morgan fingerprint density at radius 1 is 1.44 bits per heavy atom. The van der Waals surface area contributed by atoms with Gasteiger partial charge in [0.2, 0.25) is 0 Å². The van der Waals surface area contributed by atoms with E-state index in [9.17, 15) is 4.79 Å². The number of hydrogen-bond donors (Lipinski definition) is 1. The molecule has 1 atom stereocenters. The quantitative estimate of drug-likeness (QED) is 0.619. The predicted molar refractivity (Wildman–Crippen MR) is 59.5 cm³/mol. The van der Waals surface area contributed by atoms with E-state index in [0.29, 0.717) is 19.8 Å². The maximum Gasteiger partial charge on any atom is 0.304 e. The monoisotopic (exact) mass is 231 g/mol. The van der Waals surface area contributed by atoms with Gasteiger partial charge in [-0.3, -0.25) is 9.69 Å². The number of carboxylic acids is 1. The highest BCUT2D eigenvalue weighted by molar-refractivity contribution is 5.67. The number of hydrogen-bond acceptors (Lipinski definition) is 4. The van der Waals surface area contributed by atoms with E-state index in [4.69, 9.17) is 14.6 Å². The molecule has 1 aliphatic rings. The Hall–Kier alpha value is -0.650. The van der Waals surface area contributed by atoms with E-state index in [-0.39, 0.29) is 12.5 Å². The topological polar surface area (TPSA) is 59.0 Å². The van der Waals surface area contributed by atoms with Crippen LogP contribution in [0.1, 0.15) is 19.3 Å². The second-order valence-electron chi connectivity index (χ2n) is 4.04. The van der Waals surface area contributed by atoms with Gasteiger partial charge in [0.05, 0.1) is 26.2 Å². The first-order chi connectivity index (χ1) is 7.74. The van der Waals surface area contributed by atoms with Gasteiger partial charge in [0, 0.05) is 19.7 Å². The summed E-state index contributed by atoms with van der Waals surface area (Å²) in [4.78, 5) is 12.9. The summed E-state index contributed by atoms with van der Waals surface area (Å²) in [6, 6.07) is 0.198. The zero-order chi connectivity index (χ0) is 11.8. The Balaban J connectivity index is 2.12. The smallest absolute Gasteiger partial charge is 0.304 e. The molecule has 0 aromatic heterocycles. The van der Waals surface area contributed by atoms with Crippen LogP contribution in [0.15, 0.2) is 0 Å². The number of rotatable bonds is 8. The molecule has 1 rings (SSSR count). The fraction of sp³-hybridized carbons (Fsp3) is 0.909. The average molecular weight is 231 g/mol. The van der Waals surface area contributed by atoms with Crippen LogP contribution in [0.2, 0.25) is 0 Å². The number of aliphatic carboxylic acids is 1. The predicted octanol–water partition coefficient (Wildman–Crippen LogP) is 0.589. The molecule has 1 unspecified atom stereocenters. The third kappa shape index (κ3) is 4.92. The summed E-state index contributed by atoms with van der Waals surface area (Å²) in [6.07, 6.45) is 2.33. The van der Waals surface area contributed by atoms with Crippen molar-refractivity contribution in [3.8, 4) is 0 Å². The van der Waals surface area contributed by atoms with Gasteiger partial charge in [0.15, 0.2) is 0 Å². The van der Waals surface area contributed by atoms with Crippen LogP contribution in [0.25, 0.3) is 0 Å². The zero-order valence-corrected chi connectivity index (χ0v) is 9.85.